The number of halogens is 2. The maximum absolute atomic E-state index is 12.6. The zero-order valence-electron chi connectivity index (χ0n) is 6.76. The molecule has 71 valence electrons. The summed E-state index contributed by atoms with van der Waals surface area (Å²) in [5.41, 5.74) is -1.62. The van der Waals surface area contributed by atoms with Crippen molar-refractivity contribution >= 4 is 0 Å². The SMILES string of the molecule is [CH2]CC(O)C1(O)CCC(F)(F)C1. The van der Waals surface area contributed by atoms with Gasteiger partial charge in [-0.25, -0.2) is 8.78 Å². The predicted octanol–water partition coefficient (Wildman–Crippen LogP) is 1.12. The standard InChI is InChI=1S/C8H13F2O2/c1-2-6(11)7(12)3-4-8(9,10)5-7/h6,11-12H,1-5H2. The molecular weight excluding hydrogens is 166 g/mol. The van der Waals surface area contributed by atoms with Crippen LogP contribution in [0.3, 0.4) is 0 Å². The van der Waals surface area contributed by atoms with Gasteiger partial charge in [0.1, 0.15) is 0 Å². The smallest absolute Gasteiger partial charge is 0.251 e. The first-order valence-corrected chi connectivity index (χ1v) is 3.97. The van der Waals surface area contributed by atoms with Crippen molar-refractivity contribution in [2.24, 2.45) is 0 Å². The van der Waals surface area contributed by atoms with Crippen molar-refractivity contribution in [2.75, 3.05) is 0 Å². The molecule has 0 heterocycles. The van der Waals surface area contributed by atoms with Gasteiger partial charge in [0.05, 0.1) is 11.7 Å². The summed E-state index contributed by atoms with van der Waals surface area (Å²) in [6.45, 7) is 3.37. The van der Waals surface area contributed by atoms with E-state index in [9.17, 15) is 19.0 Å². The number of hydrogen-bond acceptors (Lipinski definition) is 2. The summed E-state index contributed by atoms with van der Waals surface area (Å²) in [6.07, 6.45) is -2.11. The van der Waals surface area contributed by atoms with E-state index >= 15 is 0 Å². The molecule has 0 spiro atoms. The third kappa shape index (κ3) is 1.75. The number of alkyl halides is 2. The Morgan fingerprint density at radius 3 is 2.33 bits per heavy atom. The lowest BCUT2D eigenvalue weighted by Gasteiger charge is -2.27. The Labute approximate surface area is 70.2 Å². The van der Waals surface area contributed by atoms with Gasteiger partial charge in [0.25, 0.3) is 5.92 Å². The zero-order valence-corrected chi connectivity index (χ0v) is 6.76. The van der Waals surface area contributed by atoms with Crippen LogP contribution >= 0.6 is 0 Å². The zero-order chi connectivity index (χ0) is 9.41. The van der Waals surface area contributed by atoms with Gasteiger partial charge < -0.3 is 10.2 Å². The first-order chi connectivity index (χ1) is 5.40. The van der Waals surface area contributed by atoms with Crippen LogP contribution in [0.25, 0.3) is 0 Å². The maximum atomic E-state index is 12.6. The van der Waals surface area contributed by atoms with Gasteiger partial charge in [0.2, 0.25) is 0 Å². The molecule has 0 aromatic heterocycles. The molecule has 2 unspecified atom stereocenters. The lowest BCUT2D eigenvalue weighted by atomic mass is 9.93. The van der Waals surface area contributed by atoms with Crippen LogP contribution in [0.4, 0.5) is 8.78 Å². The maximum Gasteiger partial charge on any atom is 0.251 e. The second-order valence-electron chi connectivity index (χ2n) is 3.44. The van der Waals surface area contributed by atoms with Crippen molar-refractivity contribution < 1.29 is 19.0 Å². The van der Waals surface area contributed by atoms with Crippen LogP contribution in [0.1, 0.15) is 25.7 Å². The van der Waals surface area contributed by atoms with Crippen LogP contribution in [0.5, 0.6) is 0 Å². The van der Waals surface area contributed by atoms with E-state index in [4.69, 9.17) is 0 Å². The number of aliphatic hydroxyl groups excluding tert-OH is 1. The quantitative estimate of drug-likeness (QED) is 0.667. The third-order valence-corrected chi connectivity index (χ3v) is 2.38. The lowest BCUT2D eigenvalue weighted by molar-refractivity contribution is -0.0944. The number of hydrogen-bond donors (Lipinski definition) is 2. The molecule has 4 heteroatoms. The van der Waals surface area contributed by atoms with Crippen LogP contribution in [0.15, 0.2) is 0 Å². The largest absolute Gasteiger partial charge is 0.390 e. The van der Waals surface area contributed by atoms with Crippen molar-refractivity contribution in [3.8, 4) is 0 Å². The molecule has 1 fully saturated rings. The molecule has 2 atom stereocenters. The summed E-state index contributed by atoms with van der Waals surface area (Å²) in [4.78, 5) is 0. The molecule has 12 heavy (non-hydrogen) atoms. The molecule has 0 bridgehead atoms. The van der Waals surface area contributed by atoms with Gasteiger partial charge in [0, 0.05) is 12.8 Å². The summed E-state index contributed by atoms with van der Waals surface area (Å²) >= 11 is 0. The van der Waals surface area contributed by atoms with Gasteiger partial charge in [-0.05, 0) is 12.8 Å². The van der Waals surface area contributed by atoms with E-state index in [-0.39, 0.29) is 19.3 Å². The van der Waals surface area contributed by atoms with Gasteiger partial charge in [-0.3, -0.25) is 0 Å². The number of aliphatic hydroxyl groups is 2. The fourth-order valence-corrected chi connectivity index (χ4v) is 1.58. The van der Waals surface area contributed by atoms with Crippen molar-refractivity contribution in [3.63, 3.8) is 0 Å². The van der Waals surface area contributed by atoms with Crippen molar-refractivity contribution in [1.29, 1.82) is 0 Å². The molecule has 1 saturated carbocycles. The molecule has 2 nitrogen and oxygen atoms in total. The van der Waals surface area contributed by atoms with Gasteiger partial charge >= 0.3 is 0 Å². The van der Waals surface area contributed by atoms with E-state index < -0.39 is 24.0 Å². The second kappa shape index (κ2) is 2.92. The number of rotatable bonds is 2. The first kappa shape index (κ1) is 9.86. The molecular formula is C8H13F2O2. The fourth-order valence-electron chi connectivity index (χ4n) is 1.58. The van der Waals surface area contributed by atoms with Crippen LogP contribution in [-0.2, 0) is 0 Å². The highest BCUT2D eigenvalue weighted by atomic mass is 19.3. The van der Waals surface area contributed by atoms with E-state index in [0.717, 1.165) is 0 Å². The van der Waals surface area contributed by atoms with E-state index in [2.05, 4.69) is 6.92 Å². The molecule has 0 amide bonds. The van der Waals surface area contributed by atoms with E-state index in [1.165, 1.54) is 0 Å². The second-order valence-corrected chi connectivity index (χ2v) is 3.44. The Balaban J connectivity index is 2.64. The minimum atomic E-state index is -2.83. The van der Waals surface area contributed by atoms with E-state index in [1.807, 2.05) is 0 Å². The summed E-state index contributed by atoms with van der Waals surface area (Å²) in [5.74, 6) is -2.83. The highest BCUT2D eigenvalue weighted by Gasteiger charge is 2.51. The summed E-state index contributed by atoms with van der Waals surface area (Å²) in [6, 6.07) is 0. The van der Waals surface area contributed by atoms with Crippen LogP contribution < -0.4 is 0 Å². The third-order valence-electron chi connectivity index (χ3n) is 2.38. The highest BCUT2D eigenvalue weighted by molar-refractivity contribution is 4.98. The minimum Gasteiger partial charge on any atom is -0.390 e. The van der Waals surface area contributed by atoms with Crippen LogP contribution in [0, 0.1) is 6.92 Å². The van der Waals surface area contributed by atoms with Crippen molar-refractivity contribution in [2.45, 2.75) is 43.3 Å². The molecule has 0 aromatic carbocycles. The van der Waals surface area contributed by atoms with Gasteiger partial charge in [-0.1, -0.05) is 6.92 Å². The molecule has 0 aromatic rings. The van der Waals surface area contributed by atoms with Crippen LogP contribution in [0.2, 0.25) is 0 Å². The van der Waals surface area contributed by atoms with Crippen LogP contribution in [-0.4, -0.2) is 27.8 Å². The summed E-state index contributed by atoms with van der Waals surface area (Å²) in [7, 11) is 0. The molecule has 1 aliphatic carbocycles. The predicted molar refractivity (Wildman–Crippen MR) is 39.7 cm³/mol. The fraction of sp³-hybridized carbons (Fsp3) is 0.875. The monoisotopic (exact) mass is 179 g/mol. The average Bonchev–Trinajstić information content (AvgIpc) is 2.25. The van der Waals surface area contributed by atoms with Crippen molar-refractivity contribution in [1.82, 2.24) is 0 Å². The Kier molecular flexibility index (Phi) is 2.40. The van der Waals surface area contributed by atoms with E-state index in [0.29, 0.717) is 0 Å². The Morgan fingerprint density at radius 1 is 1.42 bits per heavy atom. The van der Waals surface area contributed by atoms with Crippen molar-refractivity contribution in [3.05, 3.63) is 6.92 Å². The Bertz CT molecular complexity index is 172. The van der Waals surface area contributed by atoms with E-state index in [1.54, 1.807) is 0 Å². The normalized spacial score (nSPS) is 36.8. The summed E-state index contributed by atoms with van der Waals surface area (Å²) < 4.78 is 25.3. The highest BCUT2D eigenvalue weighted by Crippen LogP contribution is 2.43. The topological polar surface area (TPSA) is 40.5 Å². The molecule has 2 N–H and O–H groups in total. The molecule has 1 rings (SSSR count). The molecule has 0 aliphatic heterocycles. The molecule has 1 radical (unpaired) electrons. The summed E-state index contributed by atoms with van der Waals surface area (Å²) in [5, 5.41) is 18.7. The van der Waals surface area contributed by atoms with Gasteiger partial charge in [-0.2, -0.15) is 0 Å². The van der Waals surface area contributed by atoms with Gasteiger partial charge in [-0.15, -0.1) is 0 Å². The first-order valence-electron chi connectivity index (χ1n) is 3.97. The minimum absolute atomic E-state index is 0.0450. The van der Waals surface area contributed by atoms with Gasteiger partial charge in [0.15, 0.2) is 0 Å². The molecule has 1 aliphatic rings. The molecule has 0 saturated heterocycles. The average molecular weight is 179 g/mol. The Hall–Kier alpha value is -0.220. The Morgan fingerprint density at radius 2 is 2.00 bits per heavy atom. The lowest BCUT2D eigenvalue weighted by Crippen LogP contribution is -2.40.